The van der Waals surface area contributed by atoms with Gasteiger partial charge in [0.2, 0.25) is 5.95 Å². The summed E-state index contributed by atoms with van der Waals surface area (Å²) in [5, 5.41) is 20.3. The number of fused-ring (bicyclic) bond motifs is 1. The topological polar surface area (TPSA) is 252 Å². The number of rotatable bonds is 6. The van der Waals surface area contributed by atoms with Crippen LogP contribution in [-0.4, -0.2) is 54.7 Å². The summed E-state index contributed by atoms with van der Waals surface area (Å²) >= 11 is -0.907. The predicted octanol–water partition coefficient (Wildman–Crippen LogP) is -12.6. The largest absolute Gasteiger partial charge is 1.00 e. The molecule has 0 aromatic carbocycles. The minimum Gasteiger partial charge on any atom is -0.803 e. The van der Waals surface area contributed by atoms with Gasteiger partial charge in [-0.2, -0.15) is 4.98 Å². The molecule has 1 saturated heterocycles. The van der Waals surface area contributed by atoms with Crippen LogP contribution < -0.4 is 82.6 Å². The summed E-state index contributed by atoms with van der Waals surface area (Å²) in [5.41, 5.74) is 4.62. The quantitative estimate of drug-likeness (QED) is 0.223. The molecule has 156 valence electrons. The third-order valence-electron chi connectivity index (χ3n) is 3.66. The van der Waals surface area contributed by atoms with E-state index in [0.29, 0.717) is 0 Å². The second-order valence-corrected chi connectivity index (χ2v) is 12.4. The number of nitrogens with one attached hydrogen (secondary N) is 1. The van der Waals surface area contributed by atoms with Crippen molar-refractivity contribution in [3.8, 4) is 0 Å². The van der Waals surface area contributed by atoms with Gasteiger partial charge in [0, 0.05) is 0 Å². The van der Waals surface area contributed by atoms with Gasteiger partial charge >= 0.3 is 56.6 Å². The normalized spacial score (nSPS) is 25.2. The van der Waals surface area contributed by atoms with E-state index in [-0.39, 0.29) is 73.7 Å². The average molecular weight is 477 g/mol. The summed E-state index contributed by atoms with van der Waals surface area (Å²) in [6, 6.07) is 0. The number of hydrogen-bond acceptors (Lipinski definition) is 14. The Morgan fingerprint density at radius 1 is 1.26 bits per heavy atom. The van der Waals surface area contributed by atoms with Gasteiger partial charge in [0.05, 0.1) is 12.9 Å². The van der Waals surface area contributed by atoms with E-state index in [0.717, 1.165) is 10.9 Å². The molecule has 0 spiro atoms. The van der Waals surface area contributed by atoms with E-state index in [1.807, 2.05) is 0 Å². The molecule has 31 heavy (non-hydrogen) atoms. The fraction of sp³-hybridized carbons (Fsp3) is 0.500. The van der Waals surface area contributed by atoms with Gasteiger partial charge in [-0.15, -0.1) is 0 Å². The molecule has 0 amide bonds. The van der Waals surface area contributed by atoms with Crippen molar-refractivity contribution in [3.05, 3.63) is 16.7 Å². The van der Waals surface area contributed by atoms with E-state index >= 15 is 0 Å². The molecule has 21 heteroatoms. The Balaban J connectivity index is 0.00000300. The Morgan fingerprint density at radius 3 is 2.45 bits per heavy atom. The van der Waals surface area contributed by atoms with E-state index in [1.165, 1.54) is 0 Å². The van der Waals surface area contributed by atoms with Crippen LogP contribution in [0.1, 0.15) is 6.23 Å². The number of aliphatic hydroxyl groups excluding tert-OH is 2. The number of imidazole rings is 1. The first kappa shape index (κ1) is 31.5. The fourth-order valence-electron chi connectivity index (χ4n) is 2.54. The van der Waals surface area contributed by atoms with Crippen LogP contribution >= 0.6 is 24.6 Å². The number of nitrogens with two attached hydrogens (primary N) is 1. The smallest absolute Gasteiger partial charge is 0.803 e. The minimum absolute atomic E-state index is 0. The molecule has 0 bridgehead atoms. The third kappa shape index (κ3) is 7.48. The summed E-state index contributed by atoms with van der Waals surface area (Å²) in [6.07, 6.45) is -4.94. The van der Waals surface area contributed by atoms with Crippen LogP contribution in [0.15, 0.2) is 11.1 Å². The molecule has 1 aliphatic rings. The van der Waals surface area contributed by atoms with Crippen molar-refractivity contribution in [1.29, 1.82) is 0 Å². The van der Waals surface area contributed by atoms with E-state index in [2.05, 4.69) is 19.5 Å². The number of aliphatic hydroxyl groups is 2. The third-order valence-corrected chi connectivity index (χ3v) is 9.64. The monoisotopic (exact) mass is 477 g/mol. The van der Waals surface area contributed by atoms with E-state index < -0.39 is 61.3 Å². The zero-order valence-corrected chi connectivity index (χ0v) is 19.1. The van der Waals surface area contributed by atoms with Gasteiger partial charge in [0.25, 0.3) is 5.56 Å². The van der Waals surface area contributed by atoms with Crippen LogP contribution in [0.3, 0.4) is 0 Å². The molecule has 3 heterocycles. The Morgan fingerprint density at radius 2 is 1.87 bits per heavy atom. The van der Waals surface area contributed by atoms with Crippen LogP contribution in [-0.2, 0) is 18.4 Å². The summed E-state index contributed by atoms with van der Waals surface area (Å²) < 4.78 is 32.9. The molecule has 3 rings (SSSR count). The van der Waals surface area contributed by atoms with Crippen molar-refractivity contribution in [3.63, 3.8) is 0 Å². The maximum Gasteiger partial charge on any atom is 1.00 e. The first-order valence-electron chi connectivity index (χ1n) is 7.31. The van der Waals surface area contributed by atoms with Crippen molar-refractivity contribution in [2.24, 2.45) is 0 Å². The summed E-state index contributed by atoms with van der Waals surface area (Å²) in [5.74, 6) is -0.240. The molecule has 1 unspecified atom stereocenters. The number of nitrogen functional groups attached to an aromatic ring is 1. The van der Waals surface area contributed by atoms with Crippen LogP contribution in [0.2, 0.25) is 0 Å². The van der Waals surface area contributed by atoms with E-state index in [4.69, 9.17) is 10.5 Å². The molecule has 1 aliphatic heterocycles. The van der Waals surface area contributed by atoms with Gasteiger partial charge in [0.1, 0.15) is 18.3 Å². The first-order valence-corrected chi connectivity index (χ1v) is 12.4. The number of ether oxygens (including phenoxy) is 1. The number of aromatic amines is 1. The molecule has 15 nitrogen and oxygen atoms in total. The predicted molar refractivity (Wildman–Crippen MR) is 87.2 cm³/mol. The van der Waals surface area contributed by atoms with Gasteiger partial charge in [0.15, 0.2) is 24.2 Å². The molecule has 5 N–H and O–H groups in total. The second kappa shape index (κ2) is 11.7. The second-order valence-electron chi connectivity index (χ2n) is 5.59. The van der Waals surface area contributed by atoms with Crippen LogP contribution in [0, 0.1) is 0 Å². The van der Waals surface area contributed by atoms with Gasteiger partial charge in [-0.25, -0.2) is 4.98 Å². The number of aromatic nitrogens is 4. The van der Waals surface area contributed by atoms with Gasteiger partial charge in [-0.3, -0.25) is 18.9 Å². The SMILES string of the molecule is Nc1nc2c(ncn2[C@@H]2O[C@H](COP(=O)([O-])SP(=O)([O-])[O-])[C@@H](O)[C@H]2O)c(=O)[nH]1.[Li+].[Li+].[Li+]. The number of hydrogen-bond donors (Lipinski definition) is 4. The number of anilines is 1. The van der Waals surface area contributed by atoms with E-state index in [1.54, 1.807) is 0 Å². The minimum atomic E-state index is -5.47. The Labute approximate surface area is 213 Å². The molecule has 0 saturated carbocycles. The first-order chi connectivity index (χ1) is 12.9. The number of nitrogens with zero attached hydrogens (tertiary/aromatic N) is 3. The maximum absolute atomic E-state index is 11.8. The molecule has 5 atom stereocenters. The molecular weight excluding hydrogens is 465 g/mol. The van der Waals surface area contributed by atoms with Gasteiger partial charge in [-0.1, -0.05) is 0 Å². The van der Waals surface area contributed by atoms with Crippen LogP contribution in [0.5, 0.6) is 0 Å². The molecule has 1 fully saturated rings. The van der Waals surface area contributed by atoms with Crippen molar-refractivity contribution in [2.45, 2.75) is 24.5 Å². The zero-order chi connectivity index (χ0) is 20.9. The van der Waals surface area contributed by atoms with E-state index in [9.17, 15) is 38.8 Å². The maximum atomic E-state index is 11.8. The molecule has 0 aliphatic carbocycles. The molecule has 2 aromatic heterocycles. The van der Waals surface area contributed by atoms with Gasteiger partial charge < -0.3 is 44.5 Å². The summed E-state index contributed by atoms with van der Waals surface area (Å²) in [7, 11) is 0. The van der Waals surface area contributed by atoms with Crippen LogP contribution in [0.25, 0.3) is 11.2 Å². The fourth-order valence-corrected chi connectivity index (χ4v) is 6.85. The van der Waals surface area contributed by atoms with Crippen molar-refractivity contribution in [2.75, 3.05) is 12.3 Å². The molecular formula is C10H12Li3N5O10P2S. The Kier molecular flexibility index (Phi) is 11.9. The Bertz CT molecular complexity index is 1050. The van der Waals surface area contributed by atoms with Crippen molar-refractivity contribution >= 4 is 41.7 Å². The van der Waals surface area contributed by atoms with Crippen molar-refractivity contribution < 1.29 is 99.9 Å². The van der Waals surface area contributed by atoms with Crippen LogP contribution in [0.4, 0.5) is 5.95 Å². The standard InChI is InChI=1S/C10H15N5O10P2S.3Li/c11-10-13-7-4(8(18)14-10)12-2-15(7)9-6(17)5(16)3(25-9)1-24-27(22,23)28-26(19,20)21;;;/h2-3,5-6,9,16-17H,1H2,(H,22,23)(H2,19,20,21)(H3,11,13,14,18);;;/q;3*+1/p-3/t3-,5-,6-,9-;;;/m1.../s1. The summed E-state index contributed by atoms with van der Waals surface area (Å²) in [4.78, 5) is 54.3. The number of H-pyrrole nitrogens is 1. The molecule has 0 radical (unpaired) electrons. The van der Waals surface area contributed by atoms with Gasteiger partial charge in [-0.05, 0) is 17.8 Å². The Hall–Kier alpha value is 0.472. The average Bonchev–Trinajstić information content (AvgIpc) is 3.06. The molecule has 2 aromatic rings. The summed E-state index contributed by atoms with van der Waals surface area (Å²) in [6.45, 7) is -11.5. The zero-order valence-electron chi connectivity index (χ0n) is 16.5. The van der Waals surface area contributed by atoms with Crippen molar-refractivity contribution in [1.82, 2.24) is 19.5 Å².